The summed E-state index contributed by atoms with van der Waals surface area (Å²) >= 11 is 0. The lowest BCUT2D eigenvalue weighted by Crippen LogP contribution is -2.57. The van der Waals surface area contributed by atoms with Crippen molar-refractivity contribution < 1.29 is 29.1 Å². The molecule has 0 radical (unpaired) electrons. The standard InChI is InChI=1S/C18H34N8O6/c1-9(2)14(16(30)25-11(17(31)32)5-6-12(20)27)26-15(29)10(24-13(28)8-19)4-3-7-23-18(21)22/h9-11,14H,3-8,19H2,1-2H3,(H2,20,27)(H,24,28)(H,25,30)(H,26,29)(H,31,32)(H4,21,22,23). The number of rotatable bonds is 15. The van der Waals surface area contributed by atoms with Gasteiger partial charge in [-0.25, -0.2) is 4.79 Å². The number of primary amides is 1. The highest BCUT2D eigenvalue weighted by atomic mass is 16.4. The van der Waals surface area contributed by atoms with E-state index in [4.69, 9.17) is 22.9 Å². The molecule has 0 heterocycles. The lowest BCUT2D eigenvalue weighted by molar-refractivity contribution is -0.143. The number of carboxylic acids is 1. The molecule has 14 nitrogen and oxygen atoms in total. The van der Waals surface area contributed by atoms with E-state index < -0.39 is 53.6 Å². The van der Waals surface area contributed by atoms with Gasteiger partial charge in [0.05, 0.1) is 6.54 Å². The van der Waals surface area contributed by atoms with E-state index in [0.717, 1.165) is 0 Å². The van der Waals surface area contributed by atoms with Gasteiger partial charge in [0, 0.05) is 13.0 Å². The number of carboxylic acid groups (broad SMARTS) is 1. The van der Waals surface area contributed by atoms with Gasteiger partial charge in [-0.1, -0.05) is 13.8 Å². The normalized spacial score (nSPS) is 13.4. The molecule has 3 atom stereocenters. The molecule has 3 unspecified atom stereocenters. The Labute approximate surface area is 185 Å². The number of aliphatic carboxylic acids is 1. The van der Waals surface area contributed by atoms with Crippen molar-refractivity contribution in [1.82, 2.24) is 16.0 Å². The van der Waals surface area contributed by atoms with E-state index in [1.165, 1.54) is 0 Å². The molecule has 0 aliphatic heterocycles. The largest absolute Gasteiger partial charge is 0.480 e. The first kappa shape index (κ1) is 28.6. The van der Waals surface area contributed by atoms with Crippen molar-refractivity contribution in [2.75, 3.05) is 13.1 Å². The molecule has 0 spiro atoms. The Kier molecular flexibility index (Phi) is 13.0. The maximum Gasteiger partial charge on any atom is 0.326 e. The minimum atomic E-state index is -1.36. The fourth-order valence-corrected chi connectivity index (χ4v) is 2.62. The van der Waals surface area contributed by atoms with Crippen LogP contribution >= 0.6 is 0 Å². The van der Waals surface area contributed by atoms with Crippen LogP contribution in [0.15, 0.2) is 4.99 Å². The molecule has 0 rings (SSSR count). The highest BCUT2D eigenvalue weighted by molar-refractivity contribution is 5.93. The third-order valence-corrected chi connectivity index (χ3v) is 4.32. The smallest absolute Gasteiger partial charge is 0.326 e. The van der Waals surface area contributed by atoms with Gasteiger partial charge < -0.3 is 44.0 Å². The van der Waals surface area contributed by atoms with Crippen molar-refractivity contribution in [2.45, 2.75) is 57.7 Å². The van der Waals surface area contributed by atoms with Crippen LogP contribution in [-0.2, 0) is 24.0 Å². The number of guanidine groups is 1. The fraction of sp³-hybridized carbons (Fsp3) is 0.667. The predicted molar refractivity (Wildman–Crippen MR) is 116 cm³/mol. The molecule has 0 saturated heterocycles. The predicted octanol–water partition coefficient (Wildman–Crippen LogP) is -3.54. The molecule has 4 amide bonds. The average molecular weight is 459 g/mol. The highest BCUT2D eigenvalue weighted by Crippen LogP contribution is 2.07. The van der Waals surface area contributed by atoms with E-state index in [-0.39, 0.29) is 38.3 Å². The van der Waals surface area contributed by atoms with Crippen LogP contribution < -0.4 is 38.9 Å². The minimum Gasteiger partial charge on any atom is -0.480 e. The number of hydrogen-bond acceptors (Lipinski definition) is 7. The zero-order chi connectivity index (χ0) is 24.8. The molecule has 0 aromatic heterocycles. The van der Waals surface area contributed by atoms with Gasteiger partial charge >= 0.3 is 5.97 Å². The number of amides is 4. The molecule has 0 aliphatic rings. The van der Waals surface area contributed by atoms with Crippen molar-refractivity contribution in [3.8, 4) is 0 Å². The Balaban J connectivity index is 5.30. The molecular weight excluding hydrogens is 424 g/mol. The van der Waals surface area contributed by atoms with Crippen LogP contribution in [0.4, 0.5) is 0 Å². The molecule has 12 N–H and O–H groups in total. The maximum absolute atomic E-state index is 12.8. The van der Waals surface area contributed by atoms with Crippen LogP contribution in [0.25, 0.3) is 0 Å². The molecule has 14 heteroatoms. The van der Waals surface area contributed by atoms with Crippen LogP contribution in [0.1, 0.15) is 39.5 Å². The summed E-state index contributed by atoms with van der Waals surface area (Å²) in [6, 6.07) is -3.48. The van der Waals surface area contributed by atoms with Crippen LogP contribution in [-0.4, -0.2) is 71.9 Å². The van der Waals surface area contributed by atoms with Gasteiger partial charge in [0.2, 0.25) is 23.6 Å². The van der Waals surface area contributed by atoms with E-state index >= 15 is 0 Å². The molecule has 0 aliphatic carbocycles. The second-order valence-corrected chi connectivity index (χ2v) is 7.41. The molecule has 182 valence electrons. The van der Waals surface area contributed by atoms with Crippen molar-refractivity contribution in [3.63, 3.8) is 0 Å². The number of aliphatic imine (C=N–C) groups is 1. The topological polar surface area (TPSA) is 258 Å². The first-order valence-corrected chi connectivity index (χ1v) is 10.1. The Hall–Kier alpha value is -3.42. The van der Waals surface area contributed by atoms with Gasteiger partial charge in [-0.2, -0.15) is 0 Å². The van der Waals surface area contributed by atoms with Crippen molar-refractivity contribution >= 4 is 35.6 Å². The third kappa shape index (κ3) is 11.7. The first-order valence-electron chi connectivity index (χ1n) is 10.1. The SMILES string of the molecule is CC(C)C(NC(=O)C(CCCN=C(N)N)NC(=O)CN)C(=O)NC(CCC(N)=O)C(=O)O. The minimum absolute atomic E-state index is 0.113. The number of nitrogens with zero attached hydrogens (tertiary/aromatic N) is 1. The Morgan fingerprint density at radius 2 is 1.53 bits per heavy atom. The van der Waals surface area contributed by atoms with Crippen molar-refractivity contribution in [3.05, 3.63) is 0 Å². The molecule has 0 fully saturated rings. The molecule has 32 heavy (non-hydrogen) atoms. The first-order chi connectivity index (χ1) is 14.9. The Morgan fingerprint density at radius 3 is 2.00 bits per heavy atom. The third-order valence-electron chi connectivity index (χ3n) is 4.32. The van der Waals surface area contributed by atoms with Crippen molar-refractivity contribution in [2.24, 2.45) is 33.8 Å². The quantitative estimate of drug-likeness (QED) is 0.0685. The van der Waals surface area contributed by atoms with Crippen molar-refractivity contribution in [1.29, 1.82) is 0 Å². The van der Waals surface area contributed by atoms with Gasteiger partial charge in [0.1, 0.15) is 18.1 Å². The lowest BCUT2D eigenvalue weighted by atomic mass is 10.0. The van der Waals surface area contributed by atoms with Gasteiger partial charge in [-0.05, 0) is 25.2 Å². The average Bonchev–Trinajstić information content (AvgIpc) is 2.69. The van der Waals surface area contributed by atoms with Gasteiger partial charge in [0.25, 0.3) is 0 Å². The zero-order valence-corrected chi connectivity index (χ0v) is 18.3. The summed E-state index contributed by atoms with van der Waals surface area (Å²) in [7, 11) is 0. The van der Waals surface area contributed by atoms with E-state index in [1.807, 2.05) is 0 Å². The summed E-state index contributed by atoms with van der Waals surface area (Å²) in [5, 5.41) is 16.6. The van der Waals surface area contributed by atoms with Crippen LogP contribution in [0.3, 0.4) is 0 Å². The number of carbonyl (C=O) groups is 5. The van der Waals surface area contributed by atoms with E-state index in [0.29, 0.717) is 6.42 Å². The Morgan fingerprint density at radius 1 is 0.906 bits per heavy atom. The summed E-state index contributed by atoms with van der Waals surface area (Å²) in [4.78, 5) is 63.2. The van der Waals surface area contributed by atoms with Crippen LogP contribution in [0.5, 0.6) is 0 Å². The number of hydrogen-bond donors (Lipinski definition) is 8. The second-order valence-electron chi connectivity index (χ2n) is 7.41. The summed E-state index contributed by atoms with van der Waals surface area (Å²) in [5.74, 6) is -4.58. The van der Waals surface area contributed by atoms with E-state index in [2.05, 4.69) is 20.9 Å². The lowest BCUT2D eigenvalue weighted by Gasteiger charge is -2.26. The number of carbonyl (C=O) groups excluding carboxylic acids is 4. The zero-order valence-electron chi connectivity index (χ0n) is 18.3. The van der Waals surface area contributed by atoms with Crippen LogP contribution in [0, 0.1) is 5.92 Å². The summed E-state index contributed by atoms with van der Waals surface area (Å²) in [5.41, 5.74) is 20.8. The second kappa shape index (κ2) is 14.6. The molecule has 0 aromatic rings. The summed E-state index contributed by atoms with van der Waals surface area (Å²) in [6.45, 7) is 3.18. The maximum atomic E-state index is 12.8. The molecule has 0 bridgehead atoms. The fourth-order valence-electron chi connectivity index (χ4n) is 2.62. The van der Waals surface area contributed by atoms with Crippen LogP contribution in [0.2, 0.25) is 0 Å². The Bertz CT molecular complexity index is 708. The number of nitrogens with two attached hydrogens (primary N) is 4. The summed E-state index contributed by atoms with van der Waals surface area (Å²) < 4.78 is 0. The molecule has 0 saturated carbocycles. The molecule has 0 aromatic carbocycles. The molecular formula is C18H34N8O6. The van der Waals surface area contributed by atoms with Gasteiger partial charge in [-0.3, -0.25) is 24.2 Å². The van der Waals surface area contributed by atoms with E-state index in [1.54, 1.807) is 13.8 Å². The van der Waals surface area contributed by atoms with E-state index in [9.17, 15) is 29.1 Å². The monoisotopic (exact) mass is 458 g/mol. The van der Waals surface area contributed by atoms with Gasteiger partial charge in [-0.15, -0.1) is 0 Å². The highest BCUT2D eigenvalue weighted by Gasteiger charge is 2.31. The van der Waals surface area contributed by atoms with Gasteiger partial charge in [0.15, 0.2) is 5.96 Å². The summed E-state index contributed by atoms with van der Waals surface area (Å²) in [6.07, 6.45) is 0.0822. The number of nitrogens with one attached hydrogen (secondary N) is 3.